The Kier molecular flexibility index (Phi) is 4.63. The second kappa shape index (κ2) is 6.26. The number of aryl methyl sites for hydroxylation is 2. The smallest absolute Gasteiger partial charge is 0.223 e. The number of nitrogens with one attached hydrogen (secondary N) is 1. The Morgan fingerprint density at radius 1 is 1.19 bits per heavy atom. The lowest BCUT2D eigenvalue weighted by Crippen LogP contribution is -2.28. The SMILES string of the molecule is Cc1cc2nc(CN(C)CCC(=O)N(C)C)[nH]c2cc1C. The number of aromatic nitrogens is 2. The van der Waals surface area contributed by atoms with Crippen LogP contribution in [-0.4, -0.2) is 53.4 Å². The van der Waals surface area contributed by atoms with Gasteiger partial charge in [-0.3, -0.25) is 9.69 Å². The number of fused-ring (bicyclic) bond motifs is 1. The standard InChI is InChI=1S/C16H24N4O/c1-11-8-13-14(9-12(11)2)18-15(17-13)10-20(5)7-6-16(21)19(3)4/h8-9H,6-7,10H2,1-5H3,(H,17,18). The van der Waals surface area contributed by atoms with Crippen molar-refractivity contribution in [1.29, 1.82) is 0 Å². The summed E-state index contributed by atoms with van der Waals surface area (Å²) in [5.41, 5.74) is 4.60. The molecule has 0 bridgehead atoms. The second-order valence-corrected chi connectivity index (χ2v) is 5.91. The first-order chi connectivity index (χ1) is 9.86. The number of hydrogen-bond donors (Lipinski definition) is 1. The number of amides is 1. The fourth-order valence-electron chi connectivity index (χ4n) is 2.24. The molecular weight excluding hydrogens is 264 g/mol. The summed E-state index contributed by atoms with van der Waals surface area (Å²) in [5.74, 6) is 1.09. The van der Waals surface area contributed by atoms with Gasteiger partial charge in [-0.05, 0) is 44.2 Å². The molecule has 1 aromatic heterocycles. The summed E-state index contributed by atoms with van der Waals surface area (Å²) in [6.45, 7) is 5.65. The first kappa shape index (κ1) is 15.5. The Morgan fingerprint density at radius 2 is 1.86 bits per heavy atom. The van der Waals surface area contributed by atoms with Crippen molar-refractivity contribution in [1.82, 2.24) is 19.8 Å². The molecule has 1 amide bonds. The van der Waals surface area contributed by atoms with Crippen LogP contribution in [0.15, 0.2) is 12.1 Å². The molecule has 0 atom stereocenters. The van der Waals surface area contributed by atoms with E-state index in [9.17, 15) is 4.79 Å². The number of benzene rings is 1. The van der Waals surface area contributed by atoms with Crippen LogP contribution >= 0.6 is 0 Å². The number of H-pyrrole nitrogens is 1. The van der Waals surface area contributed by atoms with E-state index in [2.05, 4.69) is 40.8 Å². The molecule has 0 unspecified atom stereocenters. The van der Waals surface area contributed by atoms with E-state index in [0.717, 1.165) is 23.4 Å². The lowest BCUT2D eigenvalue weighted by atomic mass is 10.1. The highest BCUT2D eigenvalue weighted by atomic mass is 16.2. The number of nitrogens with zero attached hydrogens (tertiary/aromatic N) is 3. The van der Waals surface area contributed by atoms with Crippen molar-refractivity contribution in [2.45, 2.75) is 26.8 Å². The maximum Gasteiger partial charge on any atom is 0.223 e. The summed E-state index contributed by atoms with van der Waals surface area (Å²) >= 11 is 0. The molecule has 5 heteroatoms. The van der Waals surface area contributed by atoms with Crippen LogP contribution in [0.5, 0.6) is 0 Å². The number of carbonyl (C=O) groups excluding carboxylic acids is 1. The molecule has 0 aliphatic heterocycles. The van der Waals surface area contributed by atoms with Crippen molar-refractivity contribution in [2.24, 2.45) is 0 Å². The molecule has 0 radical (unpaired) electrons. The second-order valence-electron chi connectivity index (χ2n) is 5.91. The first-order valence-corrected chi connectivity index (χ1v) is 7.21. The lowest BCUT2D eigenvalue weighted by molar-refractivity contribution is -0.129. The van der Waals surface area contributed by atoms with Gasteiger partial charge in [-0.2, -0.15) is 0 Å². The van der Waals surface area contributed by atoms with Crippen LogP contribution in [0.25, 0.3) is 11.0 Å². The van der Waals surface area contributed by atoms with Gasteiger partial charge >= 0.3 is 0 Å². The zero-order valence-electron chi connectivity index (χ0n) is 13.5. The maximum absolute atomic E-state index is 11.6. The number of imidazole rings is 1. The van der Waals surface area contributed by atoms with Gasteiger partial charge in [-0.15, -0.1) is 0 Å². The maximum atomic E-state index is 11.6. The van der Waals surface area contributed by atoms with Gasteiger partial charge in [0.15, 0.2) is 0 Å². The summed E-state index contributed by atoms with van der Waals surface area (Å²) < 4.78 is 0. The van der Waals surface area contributed by atoms with Gasteiger partial charge in [0.2, 0.25) is 5.91 Å². The van der Waals surface area contributed by atoms with E-state index in [-0.39, 0.29) is 5.91 Å². The Hall–Kier alpha value is -1.88. The van der Waals surface area contributed by atoms with E-state index in [0.29, 0.717) is 13.0 Å². The number of rotatable bonds is 5. The molecule has 21 heavy (non-hydrogen) atoms. The van der Waals surface area contributed by atoms with E-state index in [4.69, 9.17) is 0 Å². The predicted octanol–water partition coefficient (Wildman–Crippen LogP) is 2.09. The minimum absolute atomic E-state index is 0.151. The monoisotopic (exact) mass is 288 g/mol. The van der Waals surface area contributed by atoms with E-state index in [1.165, 1.54) is 11.1 Å². The third-order valence-corrected chi connectivity index (χ3v) is 3.77. The molecule has 0 saturated heterocycles. The predicted molar refractivity (Wildman–Crippen MR) is 85.2 cm³/mol. The molecule has 1 heterocycles. The Labute approximate surface area is 126 Å². The molecule has 0 saturated carbocycles. The normalized spacial score (nSPS) is 11.3. The highest BCUT2D eigenvalue weighted by Gasteiger charge is 2.10. The average molecular weight is 288 g/mol. The zero-order valence-corrected chi connectivity index (χ0v) is 13.5. The fourth-order valence-corrected chi connectivity index (χ4v) is 2.24. The molecule has 0 aliphatic rings. The molecule has 2 aromatic rings. The van der Waals surface area contributed by atoms with Crippen LogP contribution < -0.4 is 0 Å². The van der Waals surface area contributed by atoms with Crippen molar-refractivity contribution in [3.05, 3.63) is 29.1 Å². The van der Waals surface area contributed by atoms with Crippen LogP contribution in [0.1, 0.15) is 23.4 Å². The van der Waals surface area contributed by atoms with Gasteiger partial charge in [0.25, 0.3) is 0 Å². The van der Waals surface area contributed by atoms with Gasteiger partial charge in [0, 0.05) is 27.1 Å². The molecule has 114 valence electrons. The summed E-state index contributed by atoms with van der Waals surface area (Å²) in [6, 6.07) is 4.25. The van der Waals surface area contributed by atoms with E-state index < -0.39 is 0 Å². The van der Waals surface area contributed by atoms with Crippen LogP contribution in [0.4, 0.5) is 0 Å². The zero-order chi connectivity index (χ0) is 15.6. The quantitative estimate of drug-likeness (QED) is 0.916. The highest BCUT2D eigenvalue weighted by molar-refractivity contribution is 5.77. The Bertz CT molecular complexity index is 606. The number of carbonyl (C=O) groups is 1. The topological polar surface area (TPSA) is 52.2 Å². The van der Waals surface area contributed by atoms with Gasteiger partial charge < -0.3 is 9.88 Å². The molecule has 0 spiro atoms. The molecule has 5 nitrogen and oxygen atoms in total. The minimum Gasteiger partial charge on any atom is -0.349 e. The highest BCUT2D eigenvalue weighted by Crippen LogP contribution is 2.17. The average Bonchev–Trinajstić information content (AvgIpc) is 2.77. The Balaban J connectivity index is 2.01. The van der Waals surface area contributed by atoms with Gasteiger partial charge in [-0.25, -0.2) is 4.98 Å². The van der Waals surface area contributed by atoms with Crippen LogP contribution in [0.3, 0.4) is 0 Å². The van der Waals surface area contributed by atoms with E-state index in [1.807, 2.05) is 7.05 Å². The summed E-state index contributed by atoms with van der Waals surface area (Å²) in [4.78, 5) is 23.3. The van der Waals surface area contributed by atoms with E-state index >= 15 is 0 Å². The van der Waals surface area contributed by atoms with Gasteiger partial charge in [0.1, 0.15) is 5.82 Å². The minimum atomic E-state index is 0.151. The molecule has 1 aromatic carbocycles. The van der Waals surface area contributed by atoms with Crippen LogP contribution in [-0.2, 0) is 11.3 Å². The largest absolute Gasteiger partial charge is 0.349 e. The van der Waals surface area contributed by atoms with Crippen molar-refractivity contribution in [2.75, 3.05) is 27.7 Å². The van der Waals surface area contributed by atoms with Gasteiger partial charge in [0.05, 0.1) is 17.6 Å². The molecule has 0 fully saturated rings. The Morgan fingerprint density at radius 3 is 2.52 bits per heavy atom. The molecule has 2 rings (SSSR count). The summed E-state index contributed by atoms with van der Waals surface area (Å²) in [7, 11) is 5.57. The van der Waals surface area contributed by atoms with Crippen molar-refractivity contribution in [3.63, 3.8) is 0 Å². The summed E-state index contributed by atoms with van der Waals surface area (Å²) in [5, 5.41) is 0. The third kappa shape index (κ3) is 3.82. The molecule has 0 aliphatic carbocycles. The van der Waals surface area contributed by atoms with Crippen molar-refractivity contribution in [3.8, 4) is 0 Å². The number of hydrogen-bond acceptors (Lipinski definition) is 3. The van der Waals surface area contributed by atoms with Crippen molar-refractivity contribution >= 4 is 16.9 Å². The fraction of sp³-hybridized carbons (Fsp3) is 0.500. The first-order valence-electron chi connectivity index (χ1n) is 7.21. The van der Waals surface area contributed by atoms with Crippen LogP contribution in [0.2, 0.25) is 0 Å². The molecular formula is C16H24N4O. The van der Waals surface area contributed by atoms with Crippen molar-refractivity contribution < 1.29 is 4.79 Å². The molecule has 1 N–H and O–H groups in total. The van der Waals surface area contributed by atoms with E-state index in [1.54, 1.807) is 19.0 Å². The number of aromatic amines is 1. The van der Waals surface area contributed by atoms with Crippen LogP contribution in [0, 0.1) is 13.8 Å². The van der Waals surface area contributed by atoms with Gasteiger partial charge in [-0.1, -0.05) is 0 Å². The summed E-state index contributed by atoms with van der Waals surface area (Å²) in [6.07, 6.45) is 0.530. The third-order valence-electron chi connectivity index (χ3n) is 3.77. The lowest BCUT2D eigenvalue weighted by Gasteiger charge is -2.16.